The van der Waals surface area contributed by atoms with E-state index >= 15 is 0 Å². The fraction of sp³-hybridized carbons (Fsp3) is 0.333. The maximum absolute atomic E-state index is 12.8. The number of hydrogen-bond donors (Lipinski definition) is 1. The van der Waals surface area contributed by atoms with Crippen LogP contribution in [0.25, 0.3) is 0 Å². The lowest BCUT2D eigenvalue weighted by Crippen LogP contribution is -2.45. The highest BCUT2D eigenvalue weighted by Gasteiger charge is 2.59. The van der Waals surface area contributed by atoms with E-state index in [1.807, 2.05) is 54.6 Å². The van der Waals surface area contributed by atoms with Crippen molar-refractivity contribution in [1.29, 1.82) is 0 Å². The minimum atomic E-state index is -0.418. The molecule has 2 bridgehead atoms. The summed E-state index contributed by atoms with van der Waals surface area (Å²) in [4.78, 5) is 53.7. The number of imide groups is 1. The molecule has 0 radical (unpaired) electrons. The van der Waals surface area contributed by atoms with Gasteiger partial charge in [0.25, 0.3) is 0 Å². The molecule has 2 aliphatic heterocycles. The summed E-state index contributed by atoms with van der Waals surface area (Å²) in [6.07, 6.45) is 5.07. The molecule has 4 aliphatic rings. The van der Waals surface area contributed by atoms with E-state index < -0.39 is 5.91 Å². The Labute approximate surface area is 202 Å². The number of allylic oxidation sites excluding steroid dienone is 2. The van der Waals surface area contributed by atoms with Crippen LogP contribution in [0.4, 0.5) is 5.69 Å². The molecule has 4 amide bonds. The van der Waals surface area contributed by atoms with Crippen molar-refractivity contribution in [3.8, 4) is 11.5 Å². The Hall–Kier alpha value is -3.94. The summed E-state index contributed by atoms with van der Waals surface area (Å²) in [6.45, 7) is 0.0327. The van der Waals surface area contributed by atoms with E-state index in [-0.39, 0.29) is 60.4 Å². The molecule has 1 N–H and O–H groups in total. The van der Waals surface area contributed by atoms with Gasteiger partial charge in [-0.3, -0.25) is 24.1 Å². The highest BCUT2D eigenvalue weighted by molar-refractivity contribution is 6.08. The van der Waals surface area contributed by atoms with E-state index in [1.54, 1.807) is 17.0 Å². The van der Waals surface area contributed by atoms with Crippen LogP contribution in [0.1, 0.15) is 12.8 Å². The van der Waals surface area contributed by atoms with Crippen LogP contribution in [-0.4, -0.2) is 47.7 Å². The molecular weight excluding hydrogens is 446 g/mol. The van der Waals surface area contributed by atoms with Gasteiger partial charge < -0.3 is 15.0 Å². The number of likely N-dealkylation sites (tertiary alicyclic amines) is 1. The summed E-state index contributed by atoms with van der Waals surface area (Å²) in [5.41, 5.74) is 0.716. The Morgan fingerprint density at radius 1 is 0.886 bits per heavy atom. The van der Waals surface area contributed by atoms with Crippen LogP contribution in [0.5, 0.6) is 11.5 Å². The normalized spacial score (nSPS) is 28.7. The lowest BCUT2D eigenvalue weighted by atomic mass is 9.85. The largest absolute Gasteiger partial charge is 0.457 e. The number of carbonyl (C=O) groups excluding carboxylic acids is 4. The molecule has 6 rings (SSSR count). The second kappa shape index (κ2) is 8.37. The van der Waals surface area contributed by atoms with Crippen molar-refractivity contribution in [2.45, 2.75) is 18.9 Å². The Morgan fingerprint density at radius 3 is 2.17 bits per heavy atom. The molecule has 2 aliphatic carbocycles. The van der Waals surface area contributed by atoms with Gasteiger partial charge in [0.2, 0.25) is 23.6 Å². The zero-order valence-electron chi connectivity index (χ0n) is 19.0. The number of nitrogens with one attached hydrogen (secondary N) is 1. The van der Waals surface area contributed by atoms with E-state index in [9.17, 15) is 19.2 Å². The summed E-state index contributed by atoms with van der Waals surface area (Å²) in [7, 11) is 0. The summed E-state index contributed by atoms with van der Waals surface area (Å²) in [5, 5.41) is 2.84. The van der Waals surface area contributed by atoms with Gasteiger partial charge in [-0.2, -0.15) is 0 Å². The fourth-order valence-corrected chi connectivity index (χ4v) is 5.91. The van der Waals surface area contributed by atoms with Crippen LogP contribution in [0, 0.1) is 23.7 Å². The van der Waals surface area contributed by atoms with Crippen molar-refractivity contribution in [3.05, 3.63) is 66.7 Å². The van der Waals surface area contributed by atoms with Crippen LogP contribution < -0.4 is 15.0 Å². The van der Waals surface area contributed by atoms with Gasteiger partial charge in [-0.15, -0.1) is 0 Å². The lowest BCUT2D eigenvalue weighted by molar-refractivity contribution is -0.144. The Morgan fingerprint density at radius 2 is 1.51 bits per heavy atom. The molecule has 178 valence electrons. The number of amides is 4. The molecule has 1 saturated carbocycles. The monoisotopic (exact) mass is 471 g/mol. The molecule has 2 heterocycles. The average Bonchev–Trinajstić information content (AvgIpc) is 3.61. The van der Waals surface area contributed by atoms with Gasteiger partial charge in [-0.05, 0) is 54.7 Å². The maximum atomic E-state index is 12.8. The van der Waals surface area contributed by atoms with E-state index in [0.29, 0.717) is 18.0 Å². The first-order valence-corrected chi connectivity index (χ1v) is 11.9. The highest BCUT2D eigenvalue weighted by atomic mass is 16.5. The number of rotatable bonds is 6. The SMILES string of the molecule is O=C(CN1C(=O)C2C3C=CC(C3)C2C1=O)NC1CC(=O)N(c2ccc(Oc3ccccc3)cc2)C1. The number of nitrogens with zero attached hydrogens (tertiary/aromatic N) is 2. The predicted molar refractivity (Wildman–Crippen MR) is 126 cm³/mol. The van der Waals surface area contributed by atoms with E-state index in [0.717, 1.165) is 17.1 Å². The first-order chi connectivity index (χ1) is 17.0. The third-order valence-corrected chi connectivity index (χ3v) is 7.48. The second-order valence-corrected chi connectivity index (χ2v) is 9.64. The molecule has 8 heteroatoms. The van der Waals surface area contributed by atoms with Gasteiger partial charge in [0.1, 0.15) is 18.0 Å². The van der Waals surface area contributed by atoms with Crippen LogP contribution in [0.15, 0.2) is 66.7 Å². The highest BCUT2D eigenvalue weighted by Crippen LogP contribution is 2.52. The molecule has 2 aromatic rings. The minimum absolute atomic E-state index is 0.0995. The maximum Gasteiger partial charge on any atom is 0.240 e. The molecule has 8 nitrogen and oxygen atoms in total. The molecule has 3 fully saturated rings. The number of benzene rings is 2. The van der Waals surface area contributed by atoms with Crippen molar-refractivity contribution in [2.75, 3.05) is 18.0 Å². The van der Waals surface area contributed by atoms with E-state index in [4.69, 9.17) is 4.74 Å². The summed E-state index contributed by atoms with van der Waals surface area (Å²) in [6, 6.07) is 16.2. The summed E-state index contributed by atoms with van der Waals surface area (Å²) in [5.74, 6) is -0.0309. The Kier molecular flexibility index (Phi) is 5.16. The fourth-order valence-electron chi connectivity index (χ4n) is 5.91. The smallest absolute Gasteiger partial charge is 0.240 e. The third-order valence-electron chi connectivity index (χ3n) is 7.48. The van der Waals surface area contributed by atoms with Gasteiger partial charge in [0.05, 0.1) is 17.9 Å². The first kappa shape index (κ1) is 21.6. The van der Waals surface area contributed by atoms with Crippen LogP contribution in [0.3, 0.4) is 0 Å². The van der Waals surface area contributed by atoms with Crippen molar-refractivity contribution in [3.63, 3.8) is 0 Å². The van der Waals surface area contributed by atoms with Gasteiger partial charge in [-0.25, -0.2) is 0 Å². The topological polar surface area (TPSA) is 96.0 Å². The Bertz CT molecular complexity index is 1200. The quantitative estimate of drug-likeness (QED) is 0.516. The molecule has 2 aromatic carbocycles. The standard InChI is InChI=1S/C27H25N3O5/c31-22(15-30-26(33)24-16-6-7-17(12-16)25(24)27(30)34)28-18-13-23(32)29(14-18)19-8-10-21(11-9-19)35-20-4-2-1-3-5-20/h1-11,16-18,24-25H,12-15H2,(H,28,31). The minimum Gasteiger partial charge on any atom is -0.457 e. The average molecular weight is 472 g/mol. The van der Waals surface area contributed by atoms with Gasteiger partial charge >= 0.3 is 0 Å². The van der Waals surface area contributed by atoms with Crippen molar-refractivity contribution in [2.24, 2.45) is 23.7 Å². The number of anilines is 1. The zero-order valence-corrected chi connectivity index (χ0v) is 19.0. The van der Waals surface area contributed by atoms with Crippen molar-refractivity contribution >= 4 is 29.3 Å². The predicted octanol–water partition coefficient (Wildman–Crippen LogP) is 2.51. The molecule has 5 atom stereocenters. The van der Waals surface area contributed by atoms with Gasteiger partial charge in [-0.1, -0.05) is 30.4 Å². The van der Waals surface area contributed by atoms with Crippen LogP contribution in [-0.2, 0) is 19.2 Å². The number of fused-ring (bicyclic) bond motifs is 5. The number of hydrogen-bond acceptors (Lipinski definition) is 5. The molecular formula is C27H25N3O5. The molecule has 0 spiro atoms. The van der Waals surface area contributed by atoms with Gasteiger partial charge in [0.15, 0.2) is 0 Å². The van der Waals surface area contributed by atoms with E-state index in [2.05, 4.69) is 5.32 Å². The van der Waals surface area contributed by atoms with Crippen LogP contribution >= 0.6 is 0 Å². The van der Waals surface area contributed by atoms with E-state index in [1.165, 1.54) is 0 Å². The van der Waals surface area contributed by atoms with Crippen LogP contribution in [0.2, 0.25) is 0 Å². The number of ether oxygens (including phenoxy) is 1. The second-order valence-electron chi connectivity index (χ2n) is 9.64. The third kappa shape index (κ3) is 3.79. The molecule has 35 heavy (non-hydrogen) atoms. The molecule has 5 unspecified atom stereocenters. The number of carbonyl (C=O) groups is 4. The van der Waals surface area contributed by atoms with Crippen molar-refractivity contribution in [1.82, 2.24) is 10.2 Å². The summed E-state index contributed by atoms with van der Waals surface area (Å²) < 4.78 is 5.80. The van der Waals surface area contributed by atoms with Crippen molar-refractivity contribution < 1.29 is 23.9 Å². The molecule has 2 saturated heterocycles. The number of para-hydroxylation sites is 1. The zero-order chi connectivity index (χ0) is 24.1. The van der Waals surface area contributed by atoms with Gasteiger partial charge in [0, 0.05) is 18.7 Å². The summed E-state index contributed by atoms with van der Waals surface area (Å²) >= 11 is 0. The Balaban J connectivity index is 1.05. The molecule has 0 aromatic heterocycles. The first-order valence-electron chi connectivity index (χ1n) is 11.9. The lowest BCUT2D eigenvalue weighted by Gasteiger charge is -2.20.